The van der Waals surface area contributed by atoms with Gasteiger partial charge in [-0.1, -0.05) is 11.6 Å². The summed E-state index contributed by atoms with van der Waals surface area (Å²) < 4.78 is 18.1. The van der Waals surface area contributed by atoms with Crippen LogP contribution in [0.15, 0.2) is 30.5 Å². The van der Waals surface area contributed by atoms with Crippen LogP contribution in [0.3, 0.4) is 0 Å². The van der Waals surface area contributed by atoms with Gasteiger partial charge < -0.3 is 15.2 Å². The number of carbonyl (C=O) groups is 1. The number of halogens is 2. The third-order valence-electron chi connectivity index (χ3n) is 2.51. The standard InChI is InChI=1S/C13H10ClFN2O3/c1-20-11-4-7(15)2-3-10(11)17-12-5-8(13(18)19)9(14)6-16-12/h2-6H,1H3,(H,16,17)(H,18,19). The Hall–Kier alpha value is -2.34. The van der Waals surface area contributed by atoms with E-state index in [-0.39, 0.29) is 22.2 Å². The van der Waals surface area contributed by atoms with Crippen LogP contribution in [-0.2, 0) is 0 Å². The molecule has 1 aromatic heterocycles. The normalized spacial score (nSPS) is 10.2. The van der Waals surface area contributed by atoms with Crippen molar-refractivity contribution in [2.75, 3.05) is 12.4 Å². The molecule has 2 aromatic rings. The molecule has 0 aliphatic carbocycles. The SMILES string of the molecule is COc1cc(F)ccc1Nc1cc(C(=O)O)c(Cl)cn1. The van der Waals surface area contributed by atoms with Crippen LogP contribution < -0.4 is 10.1 Å². The molecule has 1 heterocycles. The summed E-state index contributed by atoms with van der Waals surface area (Å²) in [7, 11) is 1.40. The van der Waals surface area contributed by atoms with Crippen molar-refractivity contribution in [3.8, 4) is 5.75 Å². The lowest BCUT2D eigenvalue weighted by molar-refractivity contribution is 0.0697. The zero-order chi connectivity index (χ0) is 14.7. The Bertz CT molecular complexity index is 664. The summed E-state index contributed by atoms with van der Waals surface area (Å²) in [6.07, 6.45) is 1.23. The van der Waals surface area contributed by atoms with Crippen molar-refractivity contribution in [3.63, 3.8) is 0 Å². The Morgan fingerprint density at radius 1 is 1.45 bits per heavy atom. The molecular weight excluding hydrogens is 287 g/mol. The van der Waals surface area contributed by atoms with Crippen molar-refractivity contribution in [3.05, 3.63) is 46.9 Å². The van der Waals surface area contributed by atoms with E-state index in [0.717, 1.165) is 0 Å². The zero-order valence-corrected chi connectivity index (χ0v) is 11.1. The number of methoxy groups -OCH3 is 1. The number of hydrogen-bond acceptors (Lipinski definition) is 4. The summed E-state index contributed by atoms with van der Waals surface area (Å²) in [5.41, 5.74) is 0.380. The number of carboxylic acids is 1. The third-order valence-corrected chi connectivity index (χ3v) is 2.81. The Kier molecular flexibility index (Phi) is 4.05. The van der Waals surface area contributed by atoms with Crippen LogP contribution in [0.1, 0.15) is 10.4 Å². The predicted octanol–water partition coefficient (Wildman–Crippen LogP) is 3.32. The molecule has 20 heavy (non-hydrogen) atoms. The van der Waals surface area contributed by atoms with Gasteiger partial charge in [0.05, 0.1) is 23.4 Å². The van der Waals surface area contributed by atoms with Gasteiger partial charge in [-0.3, -0.25) is 0 Å². The Morgan fingerprint density at radius 3 is 2.85 bits per heavy atom. The Balaban J connectivity index is 2.35. The van der Waals surface area contributed by atoms with E-state index >= 15 is 0 Å². The molecule has 2 N–H and O–H groups in total. The lowest BCUT2D eigenvalue weighted by Gasteiger charge is -2.11. The number of carboxylic acid groups (broad SMARTS) is 1. The first-order valence-corrected chi connectivity index (χ1v) is 5.88. The number of rotatable bonds is 4. The largest absolute Gasteiger partial charge is 0.494 e. The summed E-state index contributed by atoms with van der Waals surface area (Å²) in [4.78, 5) is 14.9. The second-order valence-electron chi connectivity index (χ2n) is 3.82. The molecule has 1 aromatic carbocycles. The highest BCUT2D eigenvalue weighted by atomic mass is 35.5. The lowest BCUT2D eigenvalue weighted by atomic mass is 10.2. The van der Waals surface area contributed by atoms with Crippen molar-refractivity contribution in [1.82, 2.24) is 4.98 Å². The quantitative estimate of drug-likeness (QED) is 0.905. The highest BCUT2D eigenvalue weighted by Crippen LogP contribution is 2.28. The number of hydrogen-bond donors (Lipinski definition) is 2. The van der Waals surface area contributed by atoms with Gasteiger partial charge in [0.25, 0.3) is 0 Å². The molecule has 0 saturated heterocycles. The van der Waals surface area contributed by atoms with E-state index in [1.54, 1.807) is 0 Å². The maximum Gasteiger partial charge on any atom is 0.337 e. The van der Waals surface area contributed by atoms with Crippen molar-refractivity contribution >= 4 is 29.1 Å². The average molecular weight is 297 g/mol. The minimum Gasteiger partial charge on any atom is -0.494 e. The molecule has 0 saturated carbocycles. The number of ether oxygens (including phenoxy) is 1. The van der Waals surface area contributed by atoms with Gasteiger partial charge in [0.2, 0.25) is 0 Å². The van der Waals surface area contributed by atoms with Crippen LogP contribution in [0, 0.1) is 5.82 Å². The number of anilines is 2. The molecule has 0 atom stereocenters. The van der Waals surface area contributed by atoms with E-state index in [4.69, 9.17) is 21.4 Å². The first-order valence-electron chi connectivity index (χ1n) is 5.50. The highest BCUT2D eigenvalue weighted by molar-refractivity contribution is 6.33. The van der Waals surface area contributed by atoms with Crippen molar-refractivity contribution < 1.29 is 19.0 Å². The maximum atomic E-state index is 13.1. The first-order chi connectivity index (χ1) is 9.51. The molecule has 0 fully saturated rings. The highest BCUT2D eigenvalue weighted by Gasteiger charge is 2.12. The summed E-state index contributed by atoms with van der Waals surface area (Å²) in [5.74, 6) is -1.07. The minimum absolute atomic E-state index is 0.0362. The van der Waals surface area contributed by atoms with Gasteiger partial charge in [0.15, 0.2) is 0 Å². The van der Waals surface area contributed by atoms with Crippen LogP contribution in [0.25, 0.3) is 0 Å². The molecule has 0 spiro atoms. The van der Waals surface area contributed by atoms with E-state index in [1.807, 2.05) is 0 Å². The Labute approximate surface area is 119 Å². The van der Waals surface area contributed by atoms with Crippen LogP contribution in [0.4, 0.5) is 15.9 Å². The van der Waals surface area contributed by atoms with Crippen LogP contribution >= 0.6 is 11.6 Å². The van der Waals surface area contributed by atoms with Crippen molar-refractivity contribution in [1.29, 1.82) is 0 Å². The molecule has 0 radical (unpaired) electrons. The van der Waals surface area contributed by atoms with E-state index in [0.29, 0.717) is 5.69 Å². The molecule has 7 heteroatoms. The van der Waals surface area contributed by atoms with Gasteiger partial charge in [-0.15, -0.1) is 0 Å². The molecule has 2 rings (SSSR count). The molecule has 104 valence electrons. The number of pyridine rings is 1. The molecule has 0 unspecified atom stereocenters. The Morgan fingerprint density at radius 2 is 2.20 bits per heavy atom. The fourth-order valence-corrected chi connectivity index (χ4v) is 1.76. The lowest BCUT2D eigenvalue weighted by Crippen LogP contribution is -2.02. The number of nitrogens with zero attached hydrogens (tertiary/aromatic N) is 1. The topological polar surface area (TPSA) is 71.5 Å². The fourth-order valence-electron chi connectivity index (χ4n) is 1.58. The van der Waals surface area contributed by atoms with Gasteiger partial charge in [-0.05, 0) is 18.2 Å². The number of aromatic nitrogens is 1. The molecule has 0 aliphatic heterocycles. The van der Waals surface area contributed by atoms with E-state index in [1.165, 1.54) is 37.6 Å². The van der Waals surface area contributed by atoms with Gasteiger partial charge in [0.1, 0.15) is 17.4 Å². The summed E-state index contributed by atoms with van der Waals surface area (Å²) in [6.45, 7) is 0. The third kappa shape index (κ3) is 2.97. The first kappa shape index (κ1) is 14.1. The molecule has 5 nitrogen and oxygen atoms in total. The van der Waals surface area contributed by atoms with Crippen LogP contribution in [0.5, 0.6) is 5.75 Å². The van der Waals surface area contributed by atoms with Gasteiger partial charge in [-0.2, -0.15) is 0 Å². The second kappa shape index (κ2) is 5.75. The number of nitrogens with one attached hydrogen (secondary N) is 1. The van der Waals surface area contributed by atoms with Crippen LogP contribution in [-0.4, -0.2) is 23.2 Å². The summed E-state index contributed by atoms with van der Waals surface area (Å²) >= 11 is 5.73. The summed E-state index contributed by atoms with van der Waals surface area (Å²) in [5, 5.41) is 11.9. The zero-order valence-electron chi connectivity index (χ0n) is 10.4. The van der Waals surface area contributed by atoms with E-state index in [2.05, 4.69) is 10.3 Å². The summed E-state index contributed by atoms with van der Waals surface area (Å²) in [6, 6.07) is 5.20. The number of aromatic carboxylic acids is 1. The molecule has 0 aliphatic rings. The van der Waals surface area contributed by atoms with E-state index in [9.17, 15) is 9.18 Å². The molecule has 0 amide bonds. The van der Waals surface area contributed by atoms with Gasteiger partial charge in [-0.25, -0.2) is 14.2 Å². The van der Waals surface area contributed by atoms with Crippen LogP contribution in [0.2, 0.25) is 5.02 Å². The fraction of sp³-hybridized carbons (Fsp3) is 0.0769. The monoisotopic (exact) mass is 296 g/mol. The molecule has 0 bridgehead atoms. The maximum absolute atomic E-state index is 13.1. The average Bonchev–Trinajstić information content (AvgIpc) is 2.42. The van der Waals surface area contributed by atoms with Crippen molar-refractivity contribution in [2.24, 2.45) is 0 Å². The smallest absolute Gasteiger partial charge is 0.337 e. The minimum atomic E-state index is -1.16. The van der Waals surface area contributed by atoms with Crippen molar-refractivity contribution in [2.45, 2.75) is 0 Å². The molecular formula is C13H10ClFN2O3. The van der Waals surface area contributed by atoms with Gasteiger partial charge in [0, 0.05) is 12.3 Å². The van der Waals surface area contributed by atoms with Gasteiger partial charge >= 0.3 is 5.97 Å². The number of benzene rings is 1. The van der Waals surface area contributed by atoms with E-state index < -0.39 is 11.8 Å². The second-order valence-corrected chi connectivity index (χ2v) is 4.23. The predicted molar refractivity (Wildman–Crippen MR) is 72.4 cm³/mol.